The maximum absolute atomic E-state index is 13.1. The lowest BCUT2D eigenvalue weighted by molar-refractivity contribution is -0.160. The fourth-order valence-corrected chi connectivity index (χ4v) is 3.99. The first kappa shape index (κ1) is 24.0. The van der Waals surface area contributed by atoms with Gasteiger partial charge in [-0.25, -0.2) is 9.59 Å². The molecule has 180 valence electrons. The molecule has 1 aliphatic heterocycles. The van der Waals surface area contributed by atoms with Gasteiger partial charge in [-0.2, -0.15) is 0 Å². The smallest absolute Gasteiger partial charge is 0.410 e. The van der Waals surface area contributed by atoms with Crippen molar-refractivity contribution in [2.45, 2.75) is 32.3 Å². The van der Waals surface area contributed by atoms with E-state index in [4.69, 9.17) is 14.2 Å². The van der Waals surface area contributed by atoms with Gasteiger partial charge in [0.15, 0.2) is 0 Å². The Bertz CT molecular complexity index is 1060. The van der Waals surface area contributed by atoms with Crippen molar-refractivity contribution in [1.29, 1.82) is 0 Å². The molecule has 2 atom stereocenters. The Morgan fingerprint density at radius 3 is 1.54 bits per heavy atom. The predicted octanol–water partition coefficient (Wildman–Crippen LogP) is 4.50. The van der Waals surface area contributed by atoms with Crippen LogP contribution in [0.5, 0.6) is 0 Å². The van der Waals surface area contributed by atoms with Crippen molar-refractivity contribution in [3.05, 3.63) is 108 Å². The van der Waals surface area contributed by atoms with Crippen molar-refractivity contribution in [3.63, 3.8) is 0 Å². The highest BCUT2D eigenvalue weighted by molar-refractivity contribution is 5.89. The quantitative estimate of drug-likeness (QED) is 0.354. The van der Waals surface area contributed by atoms with E-state index in [0.29, 0.717) is 0 Å². The molecule has 35 heavy (non-hydrogen) atoms. The second kappa shape index (κ2) is 11.8. The summed E-state index contributed by atoms with van der Waals surface area (Å²) in [6, 6.07) is 26.6. The number of hydrogen-bond acceptors (Lipinski definition) is 6. The van der Waals surface area contributed by atoms with E-state index >= 15 is 0 Å². The zero-order valence-corrected chi connectivity index (χ0v) is 19.2. The van der Waals surface area contributed by atoms with Crippen LogP contribution in [-0.2, 0) is 43.6 Å². The molecular weight excluding hydrogens is 446 g/mol. The molecule has 0 aromatic heterocycles. The molecule has 7 heteroatoms. The van der Waals surface area contributed by atoms with Crippen molar-refractivity contribution in [3.8, 4) is 0 Å². The molecule has 1 amide bonds. The van der Waals surface area contributed by atoms with Crippen LogP contribution in [0.15, 0.2) is 91.0 Å². The number of ether oxygens (including phenoxy) is 3. The Kier molecular flexibility index (Phi) is 8.12. The molecule has 3 aromatic carbocycles. The molecule has 1 heterocycles. The molecule has 0 bridgehead atoms. The number of esters is 2. The van der Waals surface area contributed by atoms with Gasteiger partial charge < -0.3 is 14.2 Å². The molecule has 0 N–H and O–H groups in total. The molecular formula is C28H27NO6. The first-order chi connectivity index (χ1) is 17.1. The maximum atomic E-state index is 13.1. The van der Waals surface area contributed by atoms with Crippen LogP contribution in [0.25, 0.3) is 0 Å². The van der Waals surface area contributed by atoms with Crippen molar-refractivity contribution >= 4 is 18.0 Å². The van der Waals surface area contributed by atoms with E-state index in [1.807, 2.05) is 91.0 Å². The van der Waals surface area contributed by atoms with Crippen LogP contribution < -0.4 is 0 Å². The number of rotatable bonds is 8. The summed E-state index contributed by atoms with van der Waals surface area (Å²) >= 11 is 0. The van der Waals surface area contributed by atoms with Gasteiger partial charge in [0.05, 0.1) is 5.92 Å². The Balaban J connectivity index is 1.44. The van der Waals surface area contributed by atoms with E-state index < -0.39 is 30.0 Å². The minimum absolute atomic E-state index is 0.0366. The molecule has 0 aliphatic carbocycles. The first-order valence-corrected chi connectivity index (χ1v) is 11.5. The van der Waals surface area contributed by atoms with Gasteiger partial charge in [0.25, 0.3) is 0 Å². The number of hydrogen-bond donors (Lipinski definition) is 0. The second-order valence-corrected chi connectivity index (χ2v) is 8.26. The summed E-state index contributed by atoms with van der Waals surface area (Å²) in [4.78, 5) is 40.2. The molecule has 0 unspecified atom stereocenters. The average Bonchev–Trinajstić information content (AvgIpc) is 3.36. The summed E-state index contributed by atoms with van der Waals surface area (Å²) in [5.41, 5.74) is 2.46. The zero-order chi connectivity index (χ0) is 24.5. The van der Waals surface area contributed by atoms with Gasteiger partial charge in [0.1, 0.15) is 25.9 Å². The van der Waals surface area contributed by atoms with Crippen LogP contribution >= 0.6 is 0 Å². The van der Waals surface area contributed by atoms with Crippen LogP contribution in [0.3, 0.4) is 0 Å². The number of nitrogens with zero attached hydrogens (tertiary/aromatic N) is 1. The SMILES string of the molecule is O=C(OCc1ccccc1)[C@H]1CCN(C(=O)OCc2ccccc2)[C@@H]1C(=O)OCc1ccccc1. The second-order valence-electron chi connectivity index (χ2n) is 8.26. The third kappa shape index (κ3) is 6.47. The number of carbonyl (C=O) groups is 3. The van der Waals surface area contributed by atoms with Gasteiger partial charge in [-0.05, 0) is 23.1 Å². The van der Waals surface area contributed by atoms with Gasteiger partial charge in [0.2, 0.25) is 0 Å². The molecule has 3 aromatic rings. The summed E-state index contributed by atoms with van der Waals surface area (Å²) in [5.74, 6) is -2.05. The van der Waals surface area contributed by atoms with Crippen LogP contribution in [0.1, 0.15) is 23.1 Å². The highest BCUT2D eigenvalue weighted by Gasteiger charge is 2.48. The van der Waals surface area contributed by atoms with E-state index in [1.165, 1.54) is 4.90 Å². The molecule has 4 rings (SSSR count). The Morgan fingerprint density at radius 2 is 1.06 bits per heavy atom. The fourth-order valence-electron chi connectivity index (χ4n) is 3.99. The first-order valence-electron chi connectivity index (χ1n) is 11.5. The number of benzene rings is 3. The van der Waals surface area contributed by atoms with Crippen LogP contribution in [-0.4, -0.2) is 35.5 Å². The maximum Gasteiger partial charge on any atom is 0.410 e. The highest BCUT2D eigenvalue weighted by Crippen LogP contribution is 2.28. The standard InChI is InChI=1S/C28H27NO6/c30-26(33-18-21-10-4-1-5-11-21)24-16-17-29(28(32)35-20-23-14-8-3-9-15-23)25(24)27(31)34-19-22-12-6-2-7-13-22/h1-15,24-25H,16-20H2/t24-,25-/m0/s1. The fraction of sp³-hybridized carbons (Fsp3) is 0.250. The van der Waals surface area contributed by atoms with Crippen molar-refractivity contribution < 1.29 is 28.6 Å². The van der Waals surface area contributed by atoms with Gasteiger partial charge in [-0.3, -0.25) is 9.69 Å². The van der Waals surface area contributed by atoms with Crippen molar-refractivity contribution in [2.75, 3.05) is 6.54 Å². The van der Waals surface area contributed by atoms with Gasteiger partial charge in [-0.15, -0.1) is 0 Å². The zero-order valence-electron chi connectivity index (χ0n) is 19.2. The van der Waals surface area contributed by atoms with Crippen molar-refractivity contribution in [1.82, 2.24) is 4.90 Å². The molecule has 0 spiro atoms. The predicted molar refractivity (Wildman–Crippen MR) is 128 cm³/mol. The molecule has 1 aliphatic rings. The van der Waals surface area contributed by atoms with E-state index in [-0.39, 0.29) is 32.8 Å². The summed E-state index contributed by atoms with van der Waals surface area (Å²) in [7, 11) is 0. The van der Waals surface area contributed by atoms with E-state index in [9.17, 15) is 14.4 Å². The number of amides is 1. The molecule has 0 saturated carbocycles. The summed E-state index contributed by atoms with van der Waals surface area (Å²) in [6.07, 6.45) is -0.395. The van der Waals surface area contributed by atoms with Crippen LogP contribution in [0.4, 0.5) is 4.79 Å². The lowest BCUT2D eigenvalue weighted by Crippen LogP contribution is -2.46. The molecule has 1 saturated heterocycles. The largest absolute Gasteiger partial charge is 0.461 e. The minimum Gasteiger partial charge on any atom is -0.461 e. The Hall–Kier alpha value is -4.13. The van der Waals surface area contributed by atoms with Crippen molar-refractivity contribution in [2.24, 2.45) is 5.92 Å². The molecule has 7 nitrogen and oxygen atoms in total. The number of likely N-dealkylation sites (tertiary alicyclic amines) is 1. The van der Waals surface area contributed by atoms with Crippen LogP contribution in [0, 0.1) is 5.92 Å². The molecule has 1 fully saturated rings. The third-order valence-corrected chi connectivity index (χ3v) is 5.83. The van der Waals surface area contributed by atoms with E-state index in [1.54, 1.807) is 0 Å². The van der Waals surface area contributed by atoms with Gasteiger partial charge in [-0.1, -0.05) is 91.0 Å². The highest BCUT2D eigenvalue weighted by atomic mass is 16.6. The Morgan fingerprint density at radius 1 is 0.629 bits per heavy atom. The average molecular weight is 474 g/mol. The van der Waals surface area contributed by atoms with E-state index in [2.05, 4.69) is 0 Å². The third-order valence-electron chi connectivity index (χ3n) is 5.83. The summed E-state index contributed by atoms with van der Waals surface area (Å²) < 4.78 is 16.4. The monoisotopic (exact) mass is 473 g/mol. The number of carbonyl (C=O) groups excluding carboxylic acids is 3. The summed E-state index contributed by atoms with van der Waals surface area (Å²) in [6.45, 7) is 0.365. The minimum atomic E-state index is -1.12. The normalized spacial score (nSPS) is 17.0. The topological polar surface area (TPSA) is 82.1 Å². The molecule has 0 radical (unpaired) electrons. The Labute approximate surface area is 204 Å². The van der Waals surface area contributed by atoms with Gasteiger partial charge >= 0.3 is 18.0 Å². The van der Waals surface area contributed by atoms with Gasteiger partial charge in [0, 0.05) is 6.54 Å². The van der Waals surface area contributed by atoms with E-state index in [0.717, 1.165) is 16.7 Å². The summed E-state index contributed by atoms with van der Waals surface area (Å²) in [5, 5.41) is 0. The lowest BCUT2D eigenvalue weighted by Gasteiger charge is -2.25. The van der Waals surface area contributed by atoms with Crippen LogP contribution in [0.2, 0.25) is 0 Å². The lowest BCUT2D eigenvalue weighted by atomic mass is 10.0.